The van der Waals surface area contributed by atoms with Crippen LogP contribution in [0.15, 0.2) is 53.1 Å². The van der Waals surface area contributed by atoms with Gasteiger partial charge in [0.25, 0.3) is 5.89 Å². The van der Waals surface area contributed by atoms with Crippen molar-refractivity contribution in [3.63, 3.8) is 0 Å². The number of benzene rings is 2. The Labute approximate surface area is 114 Å². The lowest BCUT2D eigenvalue weighted by atomic mass is 10.1. The fraction of sp³-hybridized carbons (Fsp3) is 0. The van der Waals surface area contributed by atoms with Gasteiger partial charge in [0, 0.05) is 5.56 Å². The summed E-state index contributed by atoms with van der Waals surface area (Å²) in [4.78, 5) is 4.16. The second-order valence-electron chi connectivity index (χ2n) is 4.10. The van der Waals surface area contributed by atoms with Crippen molar-refractivity contribution in [2.24, 2.45) is 0 Å². The van der Waals surface area contributed by atoms with Crippen LogP contribution >= 0.6 is 0 Å². The van der Waals surface area contributed by atoms with Gasteiger partial charge < -0.3 is 4.52 Å². The van der Waals surface area contributed by atoms with Gasteiger partial charge in [-0.2, -0.15) is 10.2 Å². The molecule has 0 radical (unpaired) electrons. The molecular weight excluding hydrogens is 257 g/mol. The Hall–Kier alpha value is -3.00. The first kappa shape index (κ1) is 12.1. The highest BCUT2D eigenvalue weighted by Gasteiger charge is 2.13. The molecule has 1 heterocycles. The molecule has 0 fully saturated rings. The van der Waals surface area contributed by atoms with Gasteiger partial charge in [-0.3, -0.25) is 0 Å². The van der Waals surface area contributed by atoms with Crippen LogP contribution in [0.25, 0.3) is 22.8 Å². The number of hydrogen-bond acceptors (Lipinski definition) is 4. The largest absolute Gasteiger partial charge is 0.334 e. The molecule has 20 heavy (non-hydrogen) atoms. The number of halogens is 1. The minimum atomic E-state index is -0.423. The molecule has 0 atom stereocenters. The molecule has 0 bridgehead atoms. The van der Waals surface area contributed by atoms with Gasteiger partial charge in [0.2, 0.25) is 5.82 Å². The first-order chi connectivity index (χ1) is 9.78. The summed E-state index contributed by atoms with van der Waals surface area (Å²) >= 11 is 0. The Morgan fingerprint density at radius 2 is 1.95 bits per heavy atom. The highest BCUT2D eigenvalue weighted by atomic mass is 19.1. The van der Waals surface area contributed by atoms with Crippen molar-refractivity contribution in [3.05, 3.63) is 59.9 Å². The number of nitrogens with zero attached hydrogens (tertiary/aromatic N) is 3. The van der Waals surface area contributed by atoms with Crippen LogP contribution in [0.1, 0.15) is 5.56 Å². The second kappa shape index (κ2) is 4.94. The first-order valence-electron chi connectivity index (χ1n) is 5.87. The zero-order chi connectivity index (χ0) is 13.9. The molecule has 1 aromatic heterocycles. The molecule has 96 valence electrons. The number of rotatable bonds is 2. The van der Waals surface area contributed by atoms with E-state index in [9.17, 15) is 4.39 Å². The quantitative estimate of drug-likeness (QED) is 0.712. The fourth-order valence-electron chi connectivity index (χ4n) is 1.81. The summed E-state index contributed by atoms with van der Waals surface area (Å²) in [6, 6.07) is 15.0. The number of nitriles is 1. The predicted octanol–water partition coefficient (Wildman–Crippen LogP) is 3.41. The molecule has 4 nitrogen and oxygen atoms in total. The number of hydrogen-bond donors (Lipinski definition) is 0. The molecule has 2 aromatic carbocycles. The van der Waals surface area contributed by atoms with Crippen molar-refractivity contribution < 1.29 is 8.91 Å². The second-order valence-corrected chi connectivity index (χ2v) is 4.10. The van der Waals surface area contributed by atoms with E-state index in [1.165, 1.54) is 6.07 Å². The highest BCUT2D eigenvalue weighted by molar-refractivity contribution is 5.61. The monoisotopic (exact) mass is 265 g/mol. The van der Waals surface area contributed by atoms with Crippen molar-refractivity contribution in [1.29, 1.82) is 5.26 Å². The molecule has 0 saturated carbocycles. The Kier molecular flexibility index (Phi) is 2.98. The van der Waals surface area contributed by atoms with E-state index in [-0.39, 0.29) is 11.5 Å². The minimum absolute atomic E-state index is 0.112. The molecule has 0 aliphatic carbocycles. The summed E-state index contributed by atoms with van der Waals surface area (Å²) in [5.41, 5.74) is 1.40. The van der Waals surface area contributed by atoms with Crippen molar-refractivity contribution in [2.75, 3.05) is 0 Å². The Bertz CT molecular complexity index is 805. The minimum Gasteiger partial charge on any atom is -0.334 e. The topological polar surface area (TPSA) is 62.7 Å². The average Bonchev–Trinajstić information content (AvgIpc) is 2.97. The van der Waals surface area contributed by atoms with Gasteiger partial charge in [-0.25, -0.2) is 4.39 Å². The van der Waals surface area contributed by atoms with Crippen LogP contribution in [-0.2, 0) is 0 Å². The SMILES string of the molecule is N#Cc1cccc(-c2noc(-c3ccccc3F)n2)c1. The lowest BCUT2D eigenvalue weighted by Crippen LogP contribution is -1.85. The molecule has 0 aliphatic heterocycles. The molecule has 5 heteroatoms. The molecule has 3 rings (SSSR count). The zero-order valence-corrected chi connectivity index (χ0v) is 10.2. The van der Waals surface area contributed by atoms with E-state index >= 15 is 0 Å². The standard InChI is InChI=1S/C15H8FN3O/c16-13-7-2-1-6-12(13)15-18-14(19-20-15)11-5-3-4-10(8-11)9-17/h1-8H. The molecule has 0 spiro atoms. The maximum atomic E-state index is 13.6. The third kappa shape index (κ3) is 2.15. The summed E-state index contributed by atoms with van der Waals surface area (Å²) in [6.45, 7) is 0. The average molecular weight is 265 g/mol. The molecule has 0 N–H and O–H groups in total. The highest BCUT2D eigenvalue weighted by Crippen LogP contribution is 2.24. The van der Waals surface area contributed by atoms with E-state index in [2.05, 4.69) is 10.1 Å². The molecule has 0 aliphatic rings. The molecule has 0 saturated heterocycles. The third-order valence-electron chi connectivity index (χ3n) is 2.78. The third-order valence-corrected chi connectivity index (χ3v) is 2.78. The molecule has 0 amide bonds. The van der Waals surface area contributed by atoms with E-state index in [4.69, 9.17) is 9.78 Å². The summed E-state index contributed by atoms with van der Waals surface area (Å²) in [5, 5.41) is 12.7. The lowest BCUT2D eigenvalue weighted by molar-refractivity contribution is 0.429. The van der Waals surface area contributed by atoms with E-state index in [0.29, 0.717) is 17.0 Å². The van der Waals surface area contributed by atoms with Crippen molar-refractivity contribution in [2.45, 2.75) is 0 Å². The van der Waals surface area contributed by atoms with Gasteiger partial charge in [-0.05, 0) is 24.3 Å². The predicted molar refractivity (Wildman–Crippen MR) is 69.8 cm³/mol. The van der Waals surface area contributed by atoms with Crippen molar-refractivity contribution in [3.8, 4) is 28.9 Å². The molecular formula is C15H8FN3O. The van der Waals surface area contributed by atoms with E-state index in [0.717, 1.165) is 0 Å². The normalized spacial score (nSPS) is 10.2. The lowest BCUT2D eigenvalue weighted by Gasteiger charge is -1.95. The van der Waals surface area contributed by atoms with Gasteiger partial charge in [-0.15, -0.1) is 0 Å². The van der Waals surface area contributed by atoms with Gasteiger partial charge >= 0.3 is 0 Å². The van der Waals surface area contributed by atoms with Crippen LogP contribution in [-0.4, -0.2) is 10.1 Å². The summed E-state index contributed by atoms with van der Waals surface area (Å²) < 4.78 is 18.7. The van der Waals surface area contributed by atoms with E-state index in [1.807, 2.05) is 6.07 Å². The van der Waals surface area contributed by atoms with Crippen LogP contribution in [0.2, 0.25) is 0 Å². The fourth-order valence-corrected chi connectivity index (χ4v) is 1.81. The van der Waals surface area contributed by atoms with Crippen LogP contribution in [0.5, 0.6) is 0 Å². The maximum absolute atomic E-state index is 13.6. The van der Waals surface area contributed by atoms with Gasteiger partial charge in [0.05, 0.1) is 17.2 Å². The van der Waals surface area contributed by atoms with E-state index in [1.54, 1.807) is 42.5 Å². The smallest absolute Gasteiger partial charge is 0.261 e. The van der Waals surface area contributed by atoms with Gasteiger partial charge in [0.15, 0.2) is 0 Å². The van der Waals surface area contributed by atoms with Gasteiger partial charge in [0.1, 0.15) is 5.82 Å². The van der Waals surface area contributed by atoms with Crippen LogP contribution in [0.4, 0.5) is 4.39 Å². The Morgan fingerprint density at radius 3 is 2.75 bits per heavy atom. The van der Waals surface area contributed by atoms with E-state index < -0.39 is 5.82 Å². The summed E-state index contributed by atoms with van der Waals surface area (Å²) in [7, 11) is 0. The Balaban J connectivity index is 2.02. The zero-order valence-electron chi connectivity index (χ0n) is 10.2. The van der Waals surface area contributed by atoms with Crippen LogP contribution < -0.4 is 0 Å². The molecule has 3 aromatic rings. The Morgan fingerprint density at radius 1 is 1.10 bits per heavy atom. The van der Waals surface area contributed by atoms with Crippen LogP contribution in [0, 0.1) is 17.1 Å². The van der Waals surface area contributed by atoms with Crippen molar-refractivity contribution in [1.82, 2.24) is 10.1 Å². The van der Waals surface area contributed by atoms with Gasteiger partial charge in [-0.1, -0.05) is 29.4 Å². The summed E-state index contributed by atoms with van der Waals surface area (Å²) in [5.74, 6) is 0.00860. The van der Waals surface area contributed by atoms with Crippen LogP contribution in [0.3, 0.4) is 0 Å². The number of aromatic nitrogens is 2. The van der Waals surface area contributed by atoms with Crippen molar-refractivity contribution >= 4 is 0 Å². The summed E-state index contributed by atoms with van der Waals surface area (Å²) in [6.07, 6.45) is 0. The maximum Gasteiger partial charge on any atom is 0.261 e. The first-order valence-corrected chi connectivity index (χ1v) is 5.87. The molecule has 0 unspecified atom stereocenters.